The first-order valence-corrected chi connectivity index (χ1v) is 13.7. The fourth-order valence-electron chi connectivity index (χ4n) is 5.79. The van der Waals surface area contributed by atoms with Gasteiger partial charge in [-0.15, -0.1) is 11.8 Å². The van der Waals surface area contributed by atoms with Gasteiger partial charge < -0.3 is 14.7 Å². The first-order chi connectivity index (χ1) is 17.3. The van der Waals surface area contributed by atoms with Crippen molar-refractivity contribution in [2.24, 2.45) is 5.92 Å². The summed E-state index contributed by atoms with van der Waals surface area (Å²) >= 11 is 1.55. The number of carbonyl (C=O) groups excluding carboxylic acids is 2. The van der Waals surface area contributed by atoms with Crippen molar-refractivity contribution in [1.82, 2.24) is 9.80 Å². The fraction of sp³-hybridized carbons (Fsp3) is 0.448. The van der Waals surface area contributed by atoms with Crippen molar-refractivity contribution < 1.29 is 14.0 Å². The number of fused-ring (bicyclic) bond motifs is 1. The van der Waals surface area contributed by atoms with Gasteiger partial charge in [0.25, 0.3) is 5.91 Å². The molecule has 5 rings (SSSR count). The Morgan fingerprint density at radius 3 is 2.56 bits per heavy atom. The minimum atomic E-state index is -0.325. The molecule has 7 heteroatoms. The van der Waals surface area contributed by atoms with E-state index in [2.05, 4.69) is 43.0 Å². The van der Waals surface area contributed by atoms with Gasteiger partial charge in [0.05, 0.1) is 4.91 Å². The number of hydrogen-bond donors (Lipinski definition) is 0. The van der Waals surface area contributed by atoms with Crippen molar-refractivity contribution in [2.75, 3.05) is 31.6 Å². The molecule has 2 aliphatic heterocycles. The number of amides is 2. The molecule has 0 N–H and O–H groups in total. The van der Waals surface area contributed by atoms with E-state index < -0.39 is 0 Å². The van der Waals surface area contributed by atoms with E-state index in [1.54, 1.807) is 40.9 Å². The predicted octanol–water partition coefficient (Wildman–Crippen LogP) is 4.95. The minimum Gasteiger partial charge on any atom is -0.365 e. The molecule has 0 bridgehead atoms. The number of nitrogens with zero attached hydrogens (tertiary/aromatic N) is 3. The summed E-state index contributed by atoms with van der Waals surface area (Å²) in [5, 5.41) is 0.229. The van der Waals surface area contributed by atoms with E-state index in [4.69, 9.17) is 0 Å². The molecule has 0 radical (unpaired) electrons. The summed E-state index contributed by atoms with van der Waals surface area (Å²) < 4.78 is 14.2. The largest absolute Gasteiger partial charge is 0.365 e. The van der Waals surface area contributed by atoms with Gasteiger partial charge in [-0.05, 0) is 57.4 Å². The molecule has 1 aliphatic carbocycles. The van der Waals surface area contributed by atoms with Gasteiger partial charge in [0.2, 0.25) is 5.91 Å². The number of thioether (sulfide) groups is 1. The van der Waals surface area contributed by atoms with Crippen LogP contribution in [0, 0.1) is 18.7 Å². The first kappa shape index (κ1) is 24.9. The molecule has 0 aromatic heterocycles. The van der Waals surface area contributed by atoms with Gasteiger partial charge in [-0.25, -0.2) is 4.39 Å². The molecule has 2 aromatic rings. The molecular weight excluding hydrogens is 473 g/mol. The third-order valence-corrected chi connectivity index (χ3v) is 9.31. The summed E-state index contributed by atoms with van der Waals surface area (Å²) in [6.07, 6.45) is 4.06. The minimum absolute atomic E-state index is 0.0224. The summed E-state index contributed by atoms with van der Waals surface area (Å²) in [5.41, 5.74) is 2.89. The highest BCUT2D eigenvalue weighted by Gasteiger charge is 2.44. The van der Waals surface area contributed by atoms with Gasteiger partial charge in [0.1, 0.15) is 5.82 Å². The molecule has 4 unspecified atom stereocenters. The van der Waals surface area contributed by atoms with Gasteiger partial charge in [-0.2, -0.15) is 0 Å². The van der Waals surface area contributed by atoms with E-state index in [9.17, 15) is 14.0 Å². The third kappa shape index (κ3) is 4.90. The molecule has 2 aromatic carbocycles. The summed E-state index contributed by atoms with van der Waals surface area (Å²) in [6, 6.07) is 15.4. The van der Waals surface area contributed by atoms with Gasteiger partial charge in [0, 0.05) is 61.2 Å². The molecular formula is C29H34FN3O2S. The Balaban J connectivity index is 1.23. The molecule has 3 fully saturated rings. The van der Waals surface area contributed by atoms with Crippen molar-refractivity contribution in [1.29, 1.82) is 0 Å². The summed E-state index contributed by atoms with van der Waals surface area (Å²) in [4.78, 5) is 33.4. The van der Waals surface area contributed by atoms with E-state index >= 15 is 0 Å². The number of carbonyl (C=O) groups is 2. The maximum Gasteiger partial charge on any atom is 0.260 e. The molecule has 1 saturated carbocycles. The summed E-state index contributed by atoms with van der Waals surface area (Å²) in [7, 11) is 1.82. The molecule has 2 saturated heterocycles. The first-order valence-electron chi connectivity index (χ1n) is 12.8. The van der Waals surface area contributed by atoms with Crippen LogP contribution in [-0.2, 0) is 9.59 Å². The van der Waals surface area contributed by atoms with E-state index in [1.807, 2.05) is 11.9 Å². The molecule has 4 atom stereocenters. The van der Waals surface area contributed by atoms with Gasteiger partial charge in [-0.3, -0.25) is 9.59 Å². The van der Waals surface area contributed by atoms with Crippen LogP contribution in [0.3, 0.4) is 0 Å². The van der Waals surface area contributed by atoms with Crippen molar-refractivity contribution in [3.05, 3.63) is 70.4 Å². The van der Waals surface area contributed by atoms with Gasteiger partial charge in [-0.1, -0.05) is 35.9 Å². The number of aryl methyl sites for hydroxylation is 1. The number of hydrogen-bond acceptors (Lipinski definition) is 4. The number of benzene rings is 2. The van der Waals surface area contributed by atoms with Gasteiger partial charge >= 0.3 is 0 Å². The van der Waals surface area contributed by atoms with E-state index in [0.29, 0.717) is 16.9 Å². The maximum absolute atomic E-state index is 14.2. The highest BCUT2D eigenvalue weighted by molar-refractivity contribution is 8.04. The zero-order valence-electron chi connectivity index (χ0n) is 21.2. The number of piperazine rings is 1. The molecule has 2 heterocycles. The monoisotopic (exact) mass is 507 g/mol. The number of anilines is 1. The SMILES string of the molecule is Cc1ccc(N2CCN(C(=O)C3CCC4S/C(=C\c5ccccc5F)C(=O)N(C)C4C3)CC2C)cc1. The Bertz CT molecular complexity index is 1170. The van der Waals surface area contributed by atoms with Crippen LogP contribution in [0.15, 0.2) is 53.4 Å². The summed E-state index contributed by atoms with van der Waals surface area (Å²) in [5.74, 6) is -0.244. The smallest absolute Gasteiger partial charge is 0.260 e. The van der Waals surface area contributed by atoms with Crippen LogP contribution in [0.4, 0.5) is 10.1 Å². The van der Waals surface area contributed by atoms with Gasteiger partial charge in [0.15, 0.2) is 0 Å². The zero-order valence-corrected chi connectivity index (χ0v) is 22.0. The van der Waals surface area contributed by atoms with Crippen molar-refractivity contribution in [3.8, 4) is 0 Å². The van der Waals surface area contributed by atoms with E-state index in [-0.39, 0.29) is 40.9 Å². The molecule has 3 aliphatic rings. The number of likely N-dealkylation sites (N-methyl/N-ethyl adjacent to an activating group) is 1. The van der Waals surface area contributed by atoms with Crippen LogP contribution >= 0.6 is 11.8 Å². The average Bonchev–Trinajstić information content (AvgIpc) is 2.88. The van der Waals surface area contributed by atoms with E-state index in [0.717, 1.165) is 32.5 Å². The highest BCUT2D eigenvalue weighted by Crippen LogP contribution is 2.43. The van der Waals surface area contributed by atoms with Crippen LogP contribution < -0.4 is 4.90 Å². The Morgan fingerprint density at radius 1 is 1.08 bits per heavy atom. The molecule has 0 spiro atoms. The Kier molecular flexibility index (Phi) is 7.11. The molecule has 36 heavy (non-hydrogen) atoms. The second-order valence-corrected chi connectivity index (χ2v) is 11.6. The van der Waals surface area contributed by atoms with Crippen LogP contribution in [0.5, 0.6) is 0 Å². The lowest BCUT2D eigenvalue weighted by Gasteiger charge is -2.46. The summed E-state index contributed by atoms with van der Waals surface area (Å²) in [6.45, 7) is 6.54. The average molecular weight is 508 g/mol. The van der Waals surface area contributed by atoms with Crippen molar-refractivity contribution >= 4 is 35.3 Å². The Morgan fingerprint density at radius 2 is 1.83 bits per heavy atom. The number of rotatable bonds is 3. The fourth-order valence-corrected chi connectivity index (χ4v) is 7.26. The topological polar surface area (TPSA) is 43.9 Å². The van der Waals surface area contributed by atoms with Crippen LogP contribution in [0.25, 0.3) is 6.08 Å². The lowest BCUT2D eigenvalue weighted by atomic mass is 9.83. The van der Waals surface area contributed by atoms with E-state index in [1.165, 1.54) is 17.3 Å². The zero-order chi connectivity index (χ0) is 25.4. The van der Waals surface area contributed by atoms with Crippen LogP contribution in [-0.4, -0.2) is 65.6 Å². The normalized spacial score (nSPS) is 27.8. The Labute approximate surface area is 217 Å². The maximum atomic E-state index is 14.2. The molecule has 190 valence electrons. The predicted molar refractivity (Wildman–Crippen MR) is 144 cm³/mol. The molecule has 5 nitrogen and oxygen atoms in total. The third-order valence-electron chi connectivity index (χ3n) is 7.91. The van der Waals surface area contributed by atoms with Crippen LogP contribution in [0.2, 0.25) is 0 Å². The molecule has 2 amide bonds. The Hall–Kier alpha value is -2.80. The number of halogens is 1. The lowest BCUT2D eigenvalue weighted by Crippen LogP contribution is -2.57. The second kappa shape index (κ2) is 10.3. The lowest BCUT2D eigenvalue weighted by molar-refractivity contribution is -0.139. The standard InChI is InChI=1S/C29H34FN3O2S/c1-19-8-11-23(12-9-19)33-15-14-32(18-20(33)2)28(34)22-10-13-26-25(16-22)31(3)29(35)27(36-26)17-21-6-4-5-7-24(21)30/h4-9,11-12,17,20,22,25-26H,10,13-16,18H2,1-3H3/b27-17-. The van der Waals surface area contributed by atoms with Crippen molar-refractivity contribution in [3.63, 3.8) is 0 Å². The second-order valence-electron chi connectivity index (χ2n) is 10.3. The highest BCUT2D eigenvalue weighted by atomic mass is 32.2. The quantitative estimate of drug-likeness (QED) is 0.551. The van der Waals surface area contributed by atoms with Crippen LogP contribution in [0.1, 0.15) is 37.3 Å². The van der Waals surface area contributed by atoms with Crippen molar-refractivity contribution in [2.45, 2.75) is 50.4 Å².